The van der Waals surface area contributed by atoms with E-state index in [1.165, 1.54) is 11.3 Å². The summed E-state index contributed by atoms with van der Waals surface area (Å²) in [6, 6.07) is 12.8. The van der Waals surface area contributed by atoms with Crippen molar-refractivity contribution in [2.45, 2.75) is 37.8 Å². The van der Waals surface area contributed by atoms with Gasteiger partial charge in [0.15, 0.2) is 4.80 Å². The molecule has 192 valence electrons. The Morgan fingerprint density at radius 3 is 2.65 bits per heavy atom. The third-order valence-corrected chi connectivity index (χ3v) is 7.85. The van der Waals surface area contributed by atoms with Gasteiger partial charge in [0.2, 0.25) is 0 Å². The molecule has 3 aromatic rings. The molecule has 2 heterocycles. The van der Waals surface area contributed by atoms with E-state index in [9.17, 15) is 9.59 Å². The third-order valence-electron chi connectivity index (χ3n) is 5.63. The minimum atomic E-state index is -0.653. The number of halogens is 1. The quantitative estimate of drug-likeness (QED) is 0.201. The summed E-state index contributed by atoms with van der Waals surface area (Å²) < 4.78 is 14.3. The van der Waals surface area contributed by atoms with Crippen molar-refractivity contribution in [1.82, 2.24) is 4.57 Å². The SMILES string of the molecule is C=CCOc1ccc(Br)cc1/C=c1\sc2n(c1=O)[C@@H](c1ccc(SC)cc1)C(C(=O)OC(C)C)=C(C)N=2. The van der Waals surface area contributed by atoms with Crippen LogP contribution in [0.3, 0.4) is 0 Å². The molecule has 0 fully saturated rings. The van der Waals surface area contributed by atoms with E-state index < -0.39 is 12.0 Å². The summed E-state index contributed by atoms with van der Waals surface area (Å²) in [7, 11) is 0. The van der Waals surface area contributed by atoms with Gasteiger partial charge >= 0.3 is 5.97 Å². The summed E-state index contributed by atoms with van der Waals surface area (Å²) in [5, 5.41) is 0. The molecule has 0 unspecified atom stereocenters. The summed E-state index contributed by atoms with van der Waals surface area (Å²) in [5.74, 6) is 0.159. The van der Waals surface area contributed by atoms with E-state index in [2.05, 4.69) is 27.5 Å². The Kier molecular flexibility index (Phi) is 8.56. The topological polar surface area (TPSA) is 69.9 Å². The van der Waals surface area contributed by atoms with Gasteiger partial charge in [0, 0.05) is 14.9 Å². The van der Waals surface area contributed by atoms with Crippen LogP contribution in [-0.2, 0) is 9.53 Å². The number of carbonyl (C=O) groups excluding carboxylic acids is 1. The number of hydrogen-bond acceptors (Lipinski definition) is 7. The van der Waals surface area contributed by atoms with Gasteiger partial charge < -0.3 is 9.47 Å². The van der Waals surface area contributed by atoms with Crippen molar-refractivity contribution in [3.8, 4) is 5.75 Å². The lowest BCUT2D eigenvalue weighted by Gasteiger charge is -2.25. The van der Waals surface area contributed by atoms with E-state index in [1.54, 1.807) is 49.3 Å². The van der Waals surface area contributed by atoms with Gasteiger partial charge in [0.05, 0.1) is 27.9 Å². The first kappa shape index (κ1) is 27.2. The number of nitrogens with zero attached hydrogens (tertiary/aromatic N) is 2. The second-order valence-corrected chi connectivity index (χ2v) is 11.4. The van der Waals surface area contributed by atoms with Crippen LogP contribution < -0.4 is 19.6 Å². The molecular formula is C28H27BrN2O4S2. The summed E-state index contributed by atoms with van der Waals surface area (Å²) in [5.41, 5.74) is 2.22. The number of rotatable bonds is 8. The van der Waals surface area contributed by atoms with Crippen molar-refractivity contribution in [2.75, 3.05) is 12.9 Å². The zero-order valence-electron chi connectivity index (χ0n) is 21.0. The molecule has 37 heavy (non-hydrogen) atoms. The first-order valence-corrected chi connectivity index (χ1v) is 14.5. The maximum absolute atomic E-state index is 13.9. The molecule has 0 aliphatic carbocycles. The van der Waals surface area contributed by atoms with Crippen molar-refractivity contribution >= 4 is 51.1 Å². The molecule has 1 aliphatic heterocycles. The molecule has 1 aliphatic rings. The summed E-state index contributed by atoms with van der Waals surface area (Å²) in [4.78, 5) is 33.4. The molecule has 0 spiro atoms. The number of fused-ring (bicyclic) bond motifs is 1. The van der Waals surface area contributed by atoms with Crippen molar-refractivity contribution < 1.29 is 14.3 Å². The fourth-order valence-electron chi connectivity index (χ4n) is 4.02. The molecular weight excluding hydrogens is 572 g/mol. The van der Waals surface area contributed by atoms with Gasteiger partial charge in [0.1, 0.15) is 12.4 Å². The molecule has 0 bridgehead atoms. The molecule has 0 radical (unpaired) electrons. The summed E-state index contributed by atoms with van der Waals surface area (Å²) in [6.07, 6.45) is 5.17. The molecule has 0 amide bonds. The van der Waals surface area contributed by atoms with Crippen molar-refractivity contribution in [3.63, 3.8) is 0 Å². The number of ether oxygens (including phenoxy) is 2. The molecule has 1 atom stereocenters. The first-order chi connectivity index (χ1) is 17.7. The first-order valence-electron chi connectivity index (χ1n) is 11.6. The van der Waals surface area contributed by atoms with E-state index in [-0.39, 0.29) is 11.7 Å². The Bertz CT molecular complexity index is 1550. The van der Waals surface area contributed by atoms with Crippen LogP contribution in [0.4, 0.5) is 0 Å². The highest BCUT2D eigenvalue weighted by atomic mass is 79.9. The standard InChI is InChI=1S/C28H27BrN2O4S2/c1-6-13-34-22-12-9-20(29)14-19(22)15-23-26(32)31-25(18-7-10-21(36-5)11-8-18)24(27(33)35-16(2)3)17(4)30-28(31)37-23/h6-12,14-16,25H,1,13H2,2-5H3/b23-15-/t25-/m0/s1. The molecule has 9 heteroatoms. The zero-order chi connectivity index (χ0) is 26.7. The minimum Gasteiger partial charge on any atom is -0.489 e. The van der Waals surface area contributed by atoms with E-state index in [0.717, 1.165) is 20.5 Å². The van der Waals surface area contributed by atoms with Gasteiger partial charge in [0.25, 0.3) is 5.56 Å². The third kappa shape index (κ3) is 5.84. The average Bonchev–Trinajstić information content (AvgIpc) is 3.16. The lowest BCUT2D eigenvalue weighted by atomic mass is 9.96. The number of benzene rings is 2. The van der Waals surface area contributed by atoms with E-state index >= 15 is 0 Å². The maximum Gasteiger partial charge on any atom is 0.338 e. The van der Waals surface area contributed by atoms with Crippen molar-refractivity contribution in [1.29, 1.82) is 0 Å². The molecule has 1 aromatic heterocycles. The number of carbonyl (C=O) groups is 1. The number of thioether (sulfide) groups is 1. The molecule has 6 nitrogen and oxygen atoms in total. The van der Waals surface area contributed by atoms with Gasteiger partial charge in [-0.1, -0.05) is 52.1 Å². The Balaban J connectivity index is 1.93. The van der Waals surface area contributed by atoms with Crippen molar-refractivity contribution in [2.24, 2.45) is 4.99 Å². The Hall–Kier alpha value is -2.88. The minimum absolute atomic E-state index is 0.236. The number of thiazole rings is 1. The normalized spacial score (nSPS) is 15.4. The lowest BCUT2D eigenvalue weighted by molar-refractivity contribution is -0.143. The van der Waals surface area contributed by atoms with E-state index in [4.69, 9.17) is 9.47 Å². The van der Waals surface area contributed by atoms with Gasteiger partial charge in [-0.25, -0.2) is 9.79 Å². The molecule has 4 rings (SSSR count). The van der Waals surface area contributed by atoms with Crippen LogP contribution in [0.2, 0.25) is 0 Å². The monoisotopic (exact) mass is 598 g/mol. The smallest absolute Gasteiger partial charge is 0.338 e. The number of allylic oxidation sites excluding steroid dienone is 1. The molecule has 0 saturated heterocycles. The fourth-order valence-corrected chi connectivity index (χ4v) is 5.84. The van der Waals surface area contributed by atoms with Crippen molar-refractivity contribution in [3.05, 3.63) is 102 Å². The Morgan fingerprint density at radius 1 is 1.27 bits per heavy atom. The average molecular weight is 600 g/mol. The highest BCUT2D eigenvalue weighted by molar-refractivity contribution is 9.10. The predicted octanol–water partition coefficient (Wildman–Crippen LogP) is 5.24. The van der Waals surface area contributed by atoms with Crippen LogP contribution in [0.15, 0.2) is 85.5 Å². The number of esters is 1. The largest absolute Gasteiger partial charge is 0.489 e. The predicted molar refractivity (Wildman–Crippen MR) is 153 cm³/mol. The van der Waals surface area contributed by atoms with Crippen LogP contribution in [0, 0.1) is 0 Å². The van der Waals surface area contributed by atoms with Gasteiger partial charge in [-0.05, 0) is 69.0 Å². The highest BCUT2D eigenvalue weighted by Gasteiger charge is 2.33. The van der Waals surface area contributed by atoms with Crippen LogP contribution in [-0.4, -0.2) is 29.5 Å². The van der Waals surface area contributed by atoms with Crippen LogP contribution in [0.5, 0.6) is 5.75 Å². The van der Waals surface area contributed by atoms with Crippen LogP contribution in [0.25, 0.3) is 6.08 Å². The van der Waals surface area contributed by atoms with E-state index in [1.807, 2.05) is 48.7 Å². The summed E-state index contributed by atoms with van der Waals surface area (Å²) in [6.45, 7) is 9.44. The fraction of sp³-hybridized carbons (Fsp3) is 0.250. The Labute approximate surface area is 232 Å². The number of hydrogen-bond donors (Lipinski definition) is 0. The van der Waals surface area contributed by atoms with Crippen LogP contribution in [0.1, 0.15) is 37.9 Å². The summed E-state index contributed by atoms with van der Waals surface area (Å²) >= 11 is 6.41. The second kappa shape index (κ2) is 11.7. The molecule has 2 aromatic carbocycles. The lowest BCUT2D eigenvalue weighted by Crippen LogP contribution is -2.40. The van der Waals surface area contributed by atoms with Gasteiger partial charge in [-0.15, -0.1) is 11.8 Å². The zero-order valence-corrected chi connectivity index (χ0v) is 24.2. The molecule has 0 saturated carbocycles. The number of aromatic nitrogens is 1. The maximum atomic E-state index is 13.9. The van der Waals surface area contributed by atoms with E-state index in [0.29, 0.717) is 33.0 Å². The second-order valence-electron chi connectivity index (χ2n) is 8.59. The van der Waals surface area contributed by atoms with Crippen LogP contribution >= 0.6 is 39.0 Å². The van der Waals surface area contributed by atoms with Gasteiger partial charge in [-0.2, -0.15) is 0 Å². The molecule has 0 N–H and O–H groups in total. The highest BCUT2D eigenvalue weighted by Crippen LogP contribution is 2.32. The Morgan fingerprint density at radius 2 is 2.00 bits per heavy atom. The van der Waals surface area contributed by atoms with Gasteiger partial charge in [-0.3, -0.25) is 9.36 Å².